The summed E-state index contributed by atoms with van der Waals surface area (Å²) in [6.07, 6.45) is 4.65. The summed E-state index contributed by atoms with van der Waals surface area (Å²) in [6, 6.07) is 13.4. The molecule has 1 aliphatic heterocycles. The molecule has 1 heterocycles. The molecular weight excluding hydrogens is 358 g/mol. The van der Waals surface area contributed by atoms with Crippen LogP contribution < -0.4 is 4.90 Å². The highest BCUT2D eigenvalue weighted by atomic mass is 32.2. The summed E-state index contributed by atoms with van der Waals surface area (Å²) < 4.78 is 27.9. The minimum absolute atomic E-state index is 0.297. The van der Waals surface area contributed by atoms with Crippen molar-refractivity contribution in [3.63, 3.8) is 0 Å². The summed E-state index contributed by atoms with van der Waals surface area (Å²) in [5, 5.41) is 0. The Kier molecular flexibility index (Phi) is 5.97. The summed E-state index contributed by atoms with van der Waals surface area (Å²) in [7, 11) is 0.462. The van der Waals surface area contributed by atoms with Crippen molar-refractivity contribution >= 4 is 27.6 Å². The third-order valence-corrected chi connectivity index (χ3v) is 6.74. The normalized spacial score (nSPS) is 16.0. The molecule has 0 atom stereocenters. The maximum Gasteiger partial charge on any atom is 0.245 e. The Morgan fingerprint density at radius 1 is 1.00 bits per heavy atom. The standard InChI is InChI=1S/C21H27N3O2S/c1-17-7-12-20(22-16-18-8-10-19(11-9-18)23(2)3)21(15-17)27(25,26)24-13-5-4-6-14-24/h7-12,15-16H,4-6,13-14H2,1-3H3. The van der Waals surface area contributed by atoms with Crippen LogP contribution in [0.5, 0.6) is 0 Å². The minimum atomic E-state index is -3.52. The molecule has 27 heavy (non-hydrogen) atoms. The molecule has 0 radical (unpaired) electrons. The predicted molar refractivity (Wildman–Crippen MR) is 112 cm³/mol. The Balaban J connectivity index is 1.92. The first-order chi connectivity index (χ1) is 12.9. The van der Waals surface area contributed by atoms with Crippen LogP contribution in [0.2, 0.25) is 0 Å². The highest BCUT2D eigenvalue weighted by Gasteiger charge is 2.28. The quantitative estimate of drug-likeness (QED) is 0.732. The number of hydrogen-bond donors (Lipinski definition) is 0. The molecule has 0 bridgehead atoms. The second-order valence-electron chi connectivity index (χ2n) is 7.18. The van der Waals surface area contributed by atoms with E-state index in [2.05, 4.69) is 4.99 Å². The molecule has 6 heteroatoms. The number of anilines is 1. The monoisotopic (exact) mass is 385 g/mol. The Morgan fingerprint density at radius 3 is 2.30 bits per heavy atom. The number of benzene rings is 2. The van der Waals surface area contributed by atoms with E-state index in [1.54, 1.807) is 22.7 Å². The molecule has 144 valence electrons. The van der Waals surface area contributed by atoms with E-state index in [1.807, 2.05) is 56.3 Å². The number of piperidine rings is 1. The predicted octanol–water partition coefficient (Wildman–Crippen LogP) is 3.99. The van der Waals surface area contributed by atoms with Gasteiger partial charge in [0.25, 0.3) is 0 Å². The van der Waals surface area contributed by atoms with Crippen LogP contribution in [-0.4, -0.2) is 46.1 Å². The van der Waals surface area contributed by atoms with Gasteiger partial charge in [0.2, 0.25) is 10.0 Å². The lowest BCUT2D eigenvalue weighted by molar-refractivity contribution is 0.347. The van der Waals surface area contributed by atoms with Crippen molar-refractivity contribution in [2.45, 2.75) is 31.1 Å². The highest BCUT2D eigenvalue weighted by Crippen LogP contribution is 2.30. The first kappa shape index (κ1) is 19.6. The van der Waals surface area contributed by atoms with Crippen molar-refractivity contribution in [2.75, 3.05) is 32.1 Å². The average Bonchev–Trinajstić information content (AvgIpc) is 2.68. The molecule has 1 aliphatic rings. The van der Waals surface area contributed by atoms with Gasteiger partial charge in [0.15, 0.2) is 0 Å². The van der Waals surface area contributed by atoms with Crippen LogP contribution in [0.3, 0.4) is 0 Å². The maximum absolute atomic E-state index is 13.1. The zero-order chi connectivity index (χ0) is 19.4. The van der Waals surface area contributed by atoms with E-state index < -0.39 is 10.0 Å². The van der Waals surface area contributed by atoms with E-state index in [1.165, 1.54) is 0 Å². The zero-order valence-corrected chi connectivity index (χ0v) is 17.0. The van der Waals surface area contributed by atoms with Gasteiger partial charge in [0.05, 0.1) is 5.69 Å². The Labute approximate surface area is 162 Å². The van der Waals surface area contributed by atoms with Crippen LogP contribution in [0.1, 0.15) is 30.4 Å². The lowest BCUT2D eigenvalue weighted by Crippen LogP contribution is -2.35. The Morgan fingerprint density at radius 2 is 1.67 bits per heavy atom. The molecule has 0 aliphatic carbocycles. The Hall–Kier alpha value is -2.18. The summed E-state index contributed by atoms with van der Waals surface area (Å²) in [5.74, 6) is 0. The van der Waals surface area contributed by atoms with Crippen LogP contribution in [0, 0.1) is 6.92 Å². The van der Waals surface area contributed by atoms with E-state index >= 15 is 0 Å². The van der Waals surface area contributed by atoms with E-state index in [4.69, 9.17) is 0 Å². The number of rotatable bonds is 5. The van der Waals surface area contributed by atoms with Crippen molar-refractivity contribution in [1.82, 2.24) is 4.31 Å². The van der Waals surface area contributed by atoms with E-state index in [0.29, 0.717) is 23.7 Å². The molecule has 0 N–H and O–H groups in total. The molecule has 0 saturated carbocycles. The fourth-order valence-corrected chi connectivity index (χ4v) is 4.92. The molecule has 0 spiro atoms. The van der Waals surface area contributed by atoms with E-state index in [9.17, 15) is 8.42 Å². The first-order valence-electron chi connectivity index (χ1n) is 9.30. The number of aliphatic imine (C=N–C) groups is 1. The van der Waals surface area contributed by atoms with Gasteiger partial charge in [-0.1, -0.05) is 24.6 Å². The second kappa shape index (κ2) is 8.23. The van der Waals surface area contributed by atoms with Gasteiger partial charge in [-0.25, -0.2) is 8.42 Å². The molecular formula is C21H27N3O2S. The fourth-order valence-electron chi connectivity index (χ4n) is 3.18. The summed E-state index contributed by atoms with van der Waals surface area (Å²) in [6.45, 7) is 3.08. The largest absolute Gasteiger partial charge is 0.378 e. The zero-order valence-electron chi connectivity index (χ0n) is 16.2. The van der Waals surface area contributed by atoms with Crippen molar-refractivity contribution in [3.8, 4) is 0 Å². The van der Waals surface area contributed by atoms with E-state index in [-0.39, 0.29) is 0 Å². The molecule has 0 unspecified atom stereocenters. The van der Waals surface area contributed by atoms with Gasteiger partial charge in [-0.3, -0.25) is 4.99 Å². The molecule has 0 amide bonds. The van der Waals surface area contributed by atoms with Crippen LogP contribution in [-0.2, 0) is 10.0 Å². The number of sulfonamides is 1. The third kappa shape index (κ3) is 4.57. The summed E-state index contributed by atoms with van der Waals surface area (Å²) >= 11 is 0. The molecule has 1 fully saturated rings. The first-order valence-corrected chi connectivity index (χ1v) is 10.7. The van der Waals surface area contributed by atoms with Gasteiger partial charge in [0.1, 0.15) is 4.90 Å². The number of hydrogen-bond acceptors (Lipinski definition) is 4. The lowest BCUT2D eigenvalue weighted by atomic mass is 10.2. The number of nitrogens with zero attached hydrogens (tertiary/aromatic N) is 3. The summed E-state index contributed by atoms with van der Waals surface area (Å²) in [5.41, 5.74) is 3.45. The third-order valence-electron chi connectivity index (χ3n) is 4.81. The average molecular weight is 386 g/mol. The SMILES string of the molecule is Cc1ccc(N=Cc2ccc(N(C)C)cc2)c(S(=O)(=O)N2CCCCC2)c1. The van der Waals surface area contributed by atoms with Gasteiger partial charge in [0, 0.05) is 39.1 Å². The molecule has 5 nitrogen and oxygen atoms in total. The fraction of sp³-hybridized carbons (Fsp3) is 0.381. The molecule has 1 saturated heterocycles. The van der Waals surface area contributed by atoms with Crippen molar-refractivity contribution in [2.24, 2.45) is 4.99 Å². The highest BCUT2D eigenvalue weighted by molar-refractivity contribution is 7.89. The summed E-state index contributed by atoms with van der Waals surface area (Å²) in [4.78, 5) is 6.84. The van der Waals surface area contributed by atoms with Gasteiger partial charge >= 0.3 is 0 Å². The van der Waals surface area contributed by atoms with Crippen LogP contribution >= 0.6 is 0 Å². The van der Waals surface area contributed by atoms with E-state index in [0.717, 1.165) is 36.1 Å². The molecule has 0 aromatic heterocycles. The van der Waals surface area contributed by atoms with Gasteiger partial charge in [-0.2, -0.15) is 4.31 Å². The van der Waals surface area contributed by atoms with Crippen LogP contribution in [0.4, 0.5) is 11.4 Å². The second-order valence-corrected chi connectivity index (χ2v) is 9.09. The molecule has 2 aromatic carbocycles. The topological polar surface area (TPSA) is 53.0 Å². The lowest BCUT2D eigenvalue weighted by Gasteiger charge is -2.26. The van der Waals surface area contributed by atoms with Crippen LogP contribution in [0.25, 0.3) is 0 Å². The molecule has 3 rings (SSSR count). The van der Waals surface area contributed by atoms with Crippen molar-refractivity contribution in [1.29, 1.82) is 0 Å². The van der Waals surface area contributed by atoms with Crippen molar-refractivity contribution in [3.05, 3.63) is 53.6 Å². The van der Waals surface area contributed by atoms with Gasteiger partial charge in [-0.05, 0) is 55.2 Å². The minimum Gasteiger partial charge on any atom is -0.378 e. The van der Waals surface area contributed by atoms with Crippen LogP contribution in [0.15, 0.2) is 52.4 Å². The maximum atomic E-state index is 13.1. The molecule has 2 aromatic rings. The Bertz CT molecular complexity index is 913. The van der Waals surface area contributed by atoms with Gasteiger partial charge in [-0.15, -0.1) is 0 Å². The van der Waals surface area contributed by atoms with Crippen molar-refractivity contribution < 1.29 is 8.42 Å². The number of aryl methyl sites for hydroxylation is 1. The smallest absolute Gasteiger partial charge is 0.245 e. The van der Waals surface area contributed by atoms with Gasteiger partial charge < -0.3 is 4.90 Å².